The zero-order valence-corrected chi connectivity index (χ0v) is 19.4. The monoisotopic (exact) mass is 473 g/mol. The number of hydrogen-bond donors (Lipinski definition) is 1. The highest BCUT2D eigenvalue weighted by molar-refractivity contribution is 7.92. The molecule has 2 aromatic carbocycles. The van der Waals surface area contributed by atoms with Crippen LogP contribution >= 0.6 is 0 Å². The number of nitrogens with one attached hydrogen (secondary N) is 1. The molecule has 0 spiro atoms. The molecule has 176 valence electrons. The summed E-state index contributed by atoms with van der Waals surface area (Å²) in [4.78, 5) is 27.2. The molecule has 10 heteroatoms. The Hall–Kier alpha value is -3.27. The number of fused-ring (bicyclic) bond motifs is 1. The Morgan fingerprint density at radius 3 is 2.48 bits per heavy atom. The fraction of sp³-hybridized carbons (Fsp3) is 0.391. The summed E-state index contributed by atoms with van der Waals surface area (Å²) >= 11 is 0. The van der Waals surface area contributed by atoms with Crippen molar-refractivity contribution in [2.45, 2.75) is 19.8 Å². The van der Waals surface area contributed by atoms with Gasteiger partial charge in [-0.3, -0.25) is 13.9 Å². The van der Waals surface area contributed by atoms with Gasteiger partial charge in [-0.25, -0.2) is 8.42 Å². The number of carbonyl (C=O) groups is 2. The molecule has 0 radical (unpaired) electrons. The van der Waals surface area contributed by atoms with Crippen LogP contribution in [0.3, 0.4) is 0 Å². The van der Waals surface area contributed by atoms with Crippen LogP contribution in [0, 0.1) is 12.8 Å². The van der Waals surface area contributed by atoms with E-state index in [1.807, 2.05) is 19.1 Å². The molecule has 0 unspecified atom stereocenters. The highest BCUT2D eigenvalue weighted by Gasteiger charge is 2.30. The van der Waals surface area contributed by atoms with Gasteiger partial charge < -0.3 is 19.7 Å². The van der Waals surface area contributed by atoms with Crippen LogP contribution in [-0.4, -0.2) is 57.8 Å². The summed E-state index contributed by atoms with van der Waals surface area (Å²) in [5, 5.41) is 2.90. The van der Waals surface area contributed by atoms with Gasteiger partial charge in [0, 0.05) is 30.8 Å². The van der Waals surface area contributed by atoms with Crippen LogP contribution in [-0.2, 0) is 19.6 Å². The third kappa shape index (κ3) is 5.22. The topological polar surface area (TPSA) is 105 Å². The molecule has 2 aliphatic heterocycles. The molecular formula is C23H27N3O6S. The zero-order valence-electron chi connectivity index (χ0n) is 18.6. The van der Waals surface area contributed by atoms with Gasteiger partial charge in [0.2, 0.25) is 28.6 Å². The smallest absolute Gasteiger partial charge is 0.243 e. The van der Waals surface area contributed by atoms with E-state index in [0.29, 0.717) is 48.8 Å². The van der Waals surface area contributed by atoms with Gasteiger partial charge in [0.25, 0.3) is 0 Å². The van der Waals surface area contributed by atoms with Gasteiger partial charge >= 0.3 is 0 Å². The lowest BCUT2D eigenvalue weighted by Gasteiger charge is -2.33. The van der Waals surface area contributed by atoms with Crippen molar-refractivity contribution in [2.24, 2.45) is 5.92 Å². The summed E-state index contributed by atoms with van der Waals surface area (Å²) in [5.74, 6) is 0.616. The van der Waals surface area contributed by atoms with Gasteiger partial charge in [-0.2, -0.15) is 0 Å². The molecule has 2 amide bonds. The van der Waals surface area contributed by atoms with Gasteiger partial charge in [-0.1, -0.05) is 18.2 Å². The van der Waals surface area contributed by atoms with E-state index in [4.69, 9.17) is 9.47 Å². The van der Waals surface area contributed by atoms with Crippen molar-refractivity contribution in [1.82, 2.24) is 4.90 Å². The number of nitrogens with zero attached hydrogens (tertiary/aromatic N) is 2. The molecule has 0 atom stereocenters. The van der Waals surface area contributed by atoms with Crippen molar-refractivity contribution in [3.63, 3.8) is 0 Å². The first-order valence-corrected chi connectivity index (χ1v) is 12.6. The SMILES string of the molecule is Cc1ccccc1N(CC(=O)N1CCC(C(=O)Nc2ccc3c(c2)OCO3)CC1)S(C)(=O)=O. The van der Waals surface area contributed by atoms with Gasteiger partial charge in [0.1, 0.15) is 6.54 Å². The molecule has 1 fully saturated rings. The third-order valence-electron chi connectivity index (χ3n) is 5.92. The second-order valence-corrected chi connectivity index (χ2v) is 10.2. The number of carbonyl (C=O) groups excluding carboxylic acids is 2. The Morgan fingerprint density at radius 1 is 1.09 bits per heavy atom. The van der Waals surface area contributed by atoms with Crippen molar-refractivity contribution in [2.75, 3.05) is 42.3 Å². The summed E-state index contributed by atoms with van der Waals surface area (Å²) in [6.45, 7) is 2.49. The minimum atomic E-state index is -3.63. The molecule has 1 saturated heterocycles. The largest absolute Gasteiger partial charge is 0.454 e. The molecule has 0 aliphatic carbocycles. The van der Waals surface area contributed by atoms with E-state index >= 15 is 0 Å². The van der Waals surface area contributed by atoms with Gasteiger partial charge in [0.05, 0.1) is 11.9 Å². The summed E-state index contributed by atoms with van der Waals surface area (Å²) in [5.41, 5.74) is 1.89. The molecular weight excluding hydrogens is 446 g/mol. The van der Waals surface area contributed by atoms with E-state index in [1.165, 1.54) is 0 Å². The predicted octanol–water partition coefficient (Wildman–Crippen LogP) is 2.37. The normalized spacial score (nSPS) is 15.9. The number of sulfonamides is 1. The van der Waals surface area contributed by atoms with Crippen molar-refractivity contribution in [1.29, 1.82) is 0 Å². The second kappa shape index (κ2) is 9.30. The molecule has 2 heterocycles. The number of ether oxygens (including phenoxy) is 2. The Bertz CT molecular complexity index is 1160. The Balaban J connectivity index is 1.34. The van der Waals surface area contributed by atoms with E-state index < -0.39 is 10.0 Å². The quantitative estimate of drug-likeness (QED) is 0.691. The Kier molecular flexibility index (Phi) is 6.46. The number of benzene rings is 2. The number of rotatable bonds is 6. The Morgan fingerprint density at radius 2 is 1.79 bits per heavy atom. The fourth-order valence-electron chi connectivity index (χ4n) is 4.06. The number of anilines is 2. The van der Waals surface area contributed by atoms with Crippen LogP contribution in [0.2, 0.25) is 0 Å². The molecule has 1 N–H and O–H groups in total. The van der Waals surface area contributed by atoms with Crippen LogP contribution in [0.15, 0.2) is 42.5 Å². The van der Waals surface area contributed by atoms with Crippen molar-refractivity contribution < 1.29 is 27.5 Å². The number of aryl methyl sites for hydroxylation is 1. The van der Waals surface area contributed by atoms with Gasteiger partial charge in [-0.15, -0.1) is 0 Å². The van der Waals surface area contributed by atoms with E-state index in [0.717, 1.165) is 16.1 Å². The molecule has 4 rings (SSSR count). The van der Waals surface area contributed by atoms with Crippen molar-refractivity contribution in [3.8, 4) is 11.5 Å². The first kappa shape index (κ1) is 22.9. The molecule has 9 nitrogen and oxygen atoms in total. The molecule has 2 aromatic rings. The predicted molar refractivity (Wildman–Crippen MR) is 124 cm³/mol. The minimum absolute atomic E-state index is 0.112. The third-order valence-corrected chi connectivity index (χ3v) is 7.05. The highest BCUT2D eigenvalue weighted by Crippen LogP contribution is 2.34. The van der Waals surface area contributed by atoms with E-state index in [-0.39, 0.29) is 31.1 Å². The van der Waals surface area contributed by atoms with E-state index in [9.17, 15) is 18.0 Å². The average Bonchev–Trinajstić information content (AvgIpc) is 3.25. The van der Waals surface area contributed by atoms with E-state index in [1.54, 1.807) is 35.2 Å². The summed E-state index contributed by atoms with van der Waals surface area (Å²) in [6, 6.07) is 12.3. The summed E-state index contributed by atoms with van der Waals surface area (Å²) in [7, 11) is -3.63. The van der Waals surface area contributed by atoms with Gasteiger partial charge in [-0.05, 0) is 43.5 Å². The standard InChI is InChI=1S/C23H27N3O6S/c1-16-5-3-4-6-19(16)26(33(2,29)30)14-22(27)25-11-9-17(10-12-25)23(28)24-18-7-8-20-21(13-18)32-15-31-20/h3-8,13,17H,9-12,14-15H2,1-2H3,(H,24,28). The maximum atomic E-state index is 12.9. The highest BCUT2D eigenvalue weighted by atomic mass is 32.2. The van der Waals surface area contributed by atoms with Crippen LogP contribution in [0.4, 0.5) is 11.4 Å². The minimum Gasteiger partial charge on any atom is -0.454 e. The Labute approximate surface area is 193 Å². The lowest BCUT2D eigenvalue weighted by Crippen LogP contribution is -2.47. The van der Waals surface area contributed by atoms with Crippen LogP contribution < -0.4 is 19.1 Å². The van der Waals surface area contributed by atoms with Crippen LogP contribution in [0.5, 0.6) is 11.5 Å². The molecule has 2 aliphatic rings. The molecule has 0 aromatic heterocycles. The maximum absolute atomic E-state index is 12.9. The second-order valence-electron chi connectivity index (χ2n) is 8.27. The van der Waals surface area contributed by atoms with E-state index in [2.05, 4.69) is 5.32 Å². The average molecular weight is 474 g/mol. The fourth-order valence-corrected chi connectivity index (χ4v) is 4.96. The molecule has 33 heavy (non-hydrogen) atoms. The first-order valence-electron chi connectivity index (χ1n) is 10.7. The zero-order chi connectivity index (χ0) is 23.6. The molecule has 0 bridgehead atoms. The van der Waals surface area contributed by atoms with Crippen molar-refractivity contribution >= 4 is 33.2 Å². The summed E-state index contributed by atoms with van der Waals surface area (Å²) < 4.78 is 36.5. The van der Waals surface area contributed by atoms with Gasteiger partial charge in [0.15, 0.2) is 11.5 Å². The number of likely N-dealkylation sites (tertiary alicyclic amines) is 1. The van der Waals surface area contributed by atoms with Crippen LogP contribution in [0.1, 0.15) is 18.4 Å². The lowest BCUT2D eigenvalue weighted by molar-refractivity contribution is -0.133. The van der Waals surface area contributed by atoms with Crippen LogP contribution in [0.25, 0.3) is 0 Å². The van der Waals surface area contributed by atoms with Crippen molar-refractivity contribution in [3.05, 3.63) is 48.0 Å². The first-order chi connectivity index (χ1) is 15.7. The number of hydrogen-bond acceptors (Lipinski definition) is 6. The number of para-hydroxylation sites is 1. The number of amides is 2. The number of piperidine rings is 1. The summed E-state index contributed by atoms with van der Waals surface area (Å²) in [6.07, 6.45) is 2.11. The molecule has 0 saturated carbocycles. The lowest BCUT2D eigenvalue weighted by atomic mass is 9.95. The maximum Gasteiger partial charge on any atom is 0.243 e.